The van der Waals surface area contributed by atoms with Crippen molar-refractivity contribution in [1.29, 1.82) is 0 Å². The van der Waals surface area contributed by atoms with Crippen LogP contribution in [0.15, 0.2) is 16.9 Å². The lowest BCUT2D eigenvalue weighted by Gasteiger charge is -2.28. The number of carbonyl (C=O) groups is 1. The Balaban J connectivity index is 2.73. The molecule has 32 heavy (non-hydrogen) atoms. The zero-order valence-corrected chi connectivity index (χ0v) is 21.5. The molecule has 1 aromatic heterocycles. The van der Waals surface area contributed by atoms with Gasteiger partial charge in [0.2, 0.25) is 0 Å². The van der Waals surface area contributed by atoms with Gasteiger partial charge in [-0.05, 0) is 51.7 Å². The van der Waals surface area contributed by atoms with Crippen molar-refractivity contribution in [2.45, 2.75) is 72.4 Å². The molecule has 0 aliphatic heterocycles. The Morgan fingerprint density at radius 3 is 2.28 bits per heavy atom. The number of nitrogens with one attached hydrogen (secondary N) is 1. The van der Waals surface area contributed by atoms with Gasteiger partial charge in [-0.3, -0.25) is 4.79 Å². The summed E-state index contributed by atoms with van der Waals surface area (Å²) in [7, 11) is 1.68. The summed E-state index contributed by atoms with van der Waals surface area (Å²) in [5.41, 5.74) is -0.306. The number of fused-ring (bicyclic) bond motifs is 1. The Morgan fingerprint density at radius 1 is 1.16 bits per heavy atom. The van der Waals surface area contributed by atoms with Crippen LogP contribution in [-0.2, 0) is 11.8 Å². The molecule has 0 radical (unpaired) electrons. The molecule has 0 saturated heterocycles. The standard InChI is InChI=1S/C24H34Cl2N2O4/c1-8-9-10-31-21-15-12-17(25)18(26)13-16(15)22(29)28(7)20(21)19(11-14(2)3)27-23(30)32-24(4,5)6/h12-14,19H,8-11H2,1-7H3,(H,27,30). The van der Waals surface area contributed by atoms with Crippen LogP contribution in [0, 0.1) is 5.92 Å². The molecule has 2 rings (SSSR count). The van der Waals surface area contributed by atoms with Gasteiger partial charge in [-0.2, -0.15) is 0 Å². The molecular weight excluding hydrogens is 451 g/mol. The normalized spacial score (nSPS) is 12.8. The Morgan fingerprint density at radius 2 is 1.75 bits per heavy atom. The maximum Gasteiger partial charge on any atom is 0.408 e. The number of unbranched alkanes of at least 4 members (excludes halogenated alkanes) is 1. The molecule has 0 aliphatic carbocycles. The second kappa shape index (κ2) is 10.8. The molecule has 0 saturated carbocycles. The fourth-order valence-electron chi connectivity index (χ4n) is 3.51. The van der Waals surface area contributed by atoms with Crippen LogP contribution in [0.1, 0.15) is 72.5 Å². The fraction of sp³-hybridized carbons (Fsp3) is 0.583. The van der Waals surface area contributed by atoms with Crippen molar-refractivity contribution >= 4 is 40.1 Å². The highest BCUT2D eigenvalue weighted by atomic mass is 35.5. The minimum absolute atomic E-state index is 0.234. The summed E-state index contributed by atoms with van der Waals surface area (Å²) in [6, 6.07) is 2.72. The molecule has 6 nitrogen and oxygen atoms in total. The number of carbonyl (C=O) groups excluding carboxylic acids is 1. The third-order valence-electron chi connectivity index (χ3n) is 4.91. The molecule has 2 aromatic rings. The van der Waals surface area contributed by atoms with Crippen LogP contribution in [0.4, 0.5) is 4.79 Å². The smallest absolute Gasteiger partial charge is 0.408 e. The monoisotopic (exact) mass is 484 g/mol. The second-order valence-electron chi connectivity index (χ2n) is 9.42. The molecule has 178 valence electrons. The predicted molar refractivity (Wildman–Crippen MR) is 131 cm³/mol. The van der Waals surface area contributed by atoms with Gasteiger partial charge in [0.25, 0.3) is 5.56 Å². The number of hydrogen-bond acceptors (Lipinski definition) is 4. The Labute approximate surface area is 200 Å². The van der Waals surface area contributed by atoms with Gasteiger partial charge in [0, 0.05) is 12.4 Å². The van der Waals surface area contributed by atoms with Gasteiger partial charge < -0.3 is 19.4 Å². The summed E-state index contributed by atoms with van der Waals surface area (Å²) >= 11 is 12.5. The first-order valence-electron chi connectivity index (χ1n) is 11.0. The maximum atomic E-state index is 13.3. The van der Waals surface area contributed by atoms with Gasteiger partial charge in [-0.15, -0.1) is 0 Å². The highest BCUT2D eigenvalue weighted by Crippen LogP contribution is 2.37. The van der Waals surface area contributed by atoms with Gasteiger partial charge in [0.05, 0.1) is 33.8 Å². The van der Waals surface area contributed by atoms with Gasteiger partial charge in [0.15, 0.2) is 0 Å². The van der Waals surface area contributed by atoms with E-state index in [9.17, 15) is 9.59 Å². The van der Waals surface area contributed by atoms with E-state index >= 15 is 0 Å². The summed E-state index contributed by atoms with van der Waals surface area (Å²) in [5.74, 6) is 0.758. The lowest BCUT2D eigenvalue weighted by molar-refractivity contribution is 0.0494. The van der Waals surface area contributed by atoms with Crippen molar-refractivity contribution in [1.82, 2.24) is 9.88 Å². The first-order valence-corrected chi connectivity index (χ1v) is 11.7. The summed E-state index contributed by atoms with van der Waals surface area (Å²) in [5, 5.41) is 4.58. The van der Waals surface area contributed by atoms with Crippen molar-refractivity contribution in [3.8, 4) is 5.75 Å². The minimum Gasteiger partial charge on any atom is -0.491 e. The van der Waals surface area contributed by atoms with Crippen LogP contribution in [0.2, 0.25) is 10.0 Å². The summed E-state index contributed by atoms with van der Waals surface area (Å²) < 4.78 is 13.2. The van der Waals surface area contributed by atoms with E-state index in [4.69, 9.17) is 32.7 Å². The molecule has 1 heterocycles. The molecule has 0 bridgehead atoms. The van der Waals surface area contributed by atoms with Gasteiger partial charge in [0.1, 0.15) is 11.4 Å². The lowest BCUT2D eigenvalue weighted by atomic mass is 9.97. The molecular formula is C24H34Cl2N2O4. The highest BCUT2D eigenvalue weighted by molar-refractivity contribution is 6.42. The van der Waals surface area contributed by atoms with Crippen LogP contribution in [0.3, 0.4) is 0 Å². The number of halogens is 2. The first kappa shape index (κ1) is 26.3. The van der Waals surface area contributed by atoms with E-state index in [0.29, 0.717) is 45.3 Å². The zero-order valence-electron chi connectivity index (χ0n) is 20.0. The zero-order chi connectivity index (χ0) is 24.2. The van der Waals surface area contributed by atoms with Crippen LogP contribution in [0.5, 0.6) is 5.75 Å². The molecule has 1 unspecified atom stereocenters. The Kier molecular flexibility index (Phi) is 8.89. The molecule has 1 amide bonds. The number of alkyl carbamates (subject to hydrolysis) is 1. The van der Waals surface area contributed by atoms with Crippen molar-refractivity contribution in [3.05, 3.63) is 38.2 Å². The van der Waals surface area contributed by atoms with Crippen LogP contribution >= 0.6 is 23.2 Å². The largest absolute Gasteiger partial charge is 0.491 e. The maximum absolute atomic E-state index is 13.3. The third kappa shape index (κ3) is 6.55. The van der Waals surface area contributed by atoms with Crippen molar-refractivity contribution in [3.63, 3.8) is 0 Å². The van der Waals surface area contributed by atoms with E-state index < -0.39 is 17.7 Å². The van der Waals surface area contributed by atoms with E-state index in [1.54, 1.807) is 40.0 Å². The van der Waals surface area contributed by atoms with Crippen molar-refractivity contribution < 1.29 is 14.3 Å². The average Bonchev–Trinajstić information content (AvgIpc) is 2.65. The van der Waals surface area contributed by atoms with Crippen molar-refractivity contribution in [2.75, 3.05) is 6.61 Å². The van der Waals surface area contributed by atoms with Gasteiger partial charge in [-0.25, -0.2) is 4.79 Å². The lowest BCUT2D eigenvalue weighted by Crippen LogP contribution is -2.38. The molecule has 1 N–H and O–H groups in total. The number of aromatic nitrogens is 1. The number of benzene rings is 1. The number of pyridine rings is 1. The van der Waals surface area contributed by atoms with E-state index in [1.807, 2.05) is 0 Å². The van der Waals surface area contributed by atoms with Crippen LogP contribution in [-0.4, -0.2) is 22.9 Å². The summed E-state index contributed by atoms with van der Waals surface area (Å²) in [6.45, 7) is 12.1. The number of nitrogens with zero attached hydrogens (tertiary/aromatic N) is 1. The summed E-state index contributed by atoms with van der Waals surface area (Å²) in [6.07, 6.45) is 1.84. The van der Waals surface area contributed by atoms with Crippen molar-refractivity contribution in [2.24, 2.45) is 13.0 Å². The Hall–Kier alpha value is -1.92. The minimum atomic E-state index is -0.646. The predicted octanol–water partition coefficient (Wildman–Crippen LogP) is 6.64. The topological polar surface area (TPSA) is 69.6 Å². The van der Waals surface area contributed by atoms with Crippen LogP contribution in [0.25, 0.3) is 10.8 Å². The van der Waals surface area contributed by atoms with Crippen LogP contribution < -0.4 is 15.6 Å². The molecule has 1 aromatic carbocycles. The highest BCUT2D eigenvalue weighted by Gasteiger charge is 2.28. The number of rotatable bonds is 8. The van der Waals surface area contributed by atoms with E-state index in [0.717, 1.165) is 12.8 Å². The van der Waals surface area contributed by atoms with Gasteiger partial charge in [-0.1, -0.05) is 50.4 Å². The SMILES string of the molecule is CCCCOc1c(C(CC(C)C)NC(=O)OC(C)(C)C)n(C)c(=O)c2cc(Cl)c(Cl)cc12. The molecule has 1 atom stereocenters. The molecule has 0 spiro atoms. The Bertz CT molecular complexity index is 1030. The van der Waals surface area contributed by atoms with E-state index in [1.165, 1.54) is 4.57 Å². The quantitative estimate of drug-likeness (QED) is 0.426. The van der Waals surface area contributed by atoms with E-state index in [2.05, 4.69) is 26.1 Å². The second-order valence-corrected chi connectivity index (χ2v) is 10.2. The molecule has 0 fully saturated rings. The molecule has 8 heteroatoms. The number of hydrogen-bond donors (Lipinski definition) is 1. The number of ether oxygens (including phenoxy) is 2. The fourth-order valence-corrected chi connectivity index (χ4v) is 3.84. The number of amides is 1. The van der Waals surface area contributed by atoms with E-state index in [-0.39, 0.29) is 11.5 Å². The first-order chi connectivity index (χ1) is 14.9. The van der Waals surface area contributed by atoms with Gasteiger partial charge >= 0.3 is 6.09 Å². The third-order valence-corrected chi connectivity index (χ3v) is 5.63. The average molecular weight is 485 g/mol. The molecule has 0 aliphatic rings. The summed E-state index contributed by atoms with van der Waals surface area (Å²) in [4.78, 5) is 25.9.